The minimum absolute atomic E-state index is 0.583. The molecule has 3 nitrogen and oxygen atoms in total. The Bertz CT molecular complexity index is 460. The van der Waals surface area contributed by atoms with Crippen molar-refractivity contribution in [3.63, 3.8) is 0 Å². The van der Waals surface area contributed by atoms with Crippen molar-refractivity contribution in [3.8, 4) is 0 Å². The van der Waals surface area contributed by atoms with Gasteiger partial charge in [0.15, 0.2) is 0 Å². The van der Waals surface area contributed by atoms with E-state index in [2.05, 4.69) is 26.0 Å². The van der Waals surface area contributed by atoms with Crippen LogP contribution in [0.15, 0.2) is 12.2 Å². The van der Waals surface area contributed by atoms with Crippen molar-refractivity contribution >= 4 is 5.97 Å². The van der Waals surface area contributed by atoms with E-state index in [1.807, 2.05) is 0 Å². The highest BCUT2D eigenvalue weighted by Crippen LogP contribution is 2.21. The number of aliphatic hydroxyl groups is 1. The zero-order valence-corrected chi connectivity index (χ0v) is 23.8. The predicted octanol–water partition coefficient (Wildman–Crippen LogP) is 10.4. The zero-order valence-electron chi connectivity index (χ0n) is 23.8. The molecular formula is C32H62O3. The number of carbonyl (C=O) groups is 1. The molecule has 0 aliphatic rings. The van der Waals surface area contributed by atoms with Gasteiger partial charge >= 0.3 is 5.97 Å². The molecule has 2 unspecified atom stereocenters. The van der Waals surface area contributed by atoms with E-state index < -0.39 is 18.0 Å². The van der Waals surface area contributed by atoms with Gasteiger partial charge < -0.3 is 10.2 Å². The van der Waals surface area contributed by atoms with Crippen LogP contribution >= 0.6 is 0 Å². The maximum absolute atomic E-state index is 11.6. The molecule has 0 spiro atoms. The van der Waals surface area contributed by atoms with Crippen molar-refractivity contribution in [1.82, 2.24) is 0 Å². The molecule has 0 bridgehead atoms. The second-order valence-electron chi connectivity index (χ2n) is 10.9. The van der Waals surface area contributed by atoms with E-state index in [1.54, 1.807) is 0 Å². The van der Waals surface area contributed by atoms with Crippen LogP contribution in [0, 0.1) is 5.92 Å². The number of allylic oxidation sites excluding steroid dienone is 2. The van der Waals surface area contributed by atoms with Gasteiger partial charge in [0, 0.05) is 0 Å². The van der Waals surface area contributed by atoms with Gasteiger partial charge in [-0.25, -0.2) is 0 Å². The van der Waals surface area contributed by atoms with Crippen LogP contribution in [0.25, 0.3) is 0 Å². The number of aliphatic hydroxyl groups excluding tert-OH is 1. The summed E-state index contributed by atoms with van der Waals surface area (Å²) in [6.07, 6.45) is 34.1. The SMILES string of the molecule is CCCCCC/C=C/CCCCCCCC(O)C(CCCCCCCCCCCCCC)C(=O)O. The minimum atomic E-state index is -0.818. The molecule has 0 aromatic rings. The minimum Gasteiger partial charge on any atom is -0.481 e. The molecule has 2 atom stereocenters. The summed E-state index contributed by atoms with van der Waals surface area (Å²) in [7, 11) is 0. The molecule has 0 aromatic heterocycles. The lowest BCUT2D eigenvalue weighted by Crippen LogP contribution is -2.28. The van der Waals surface area contributed by atoms with Gasteiger partial charge in [0.25, 0.3) is 0 Å². The summed E-state index contributed by atoms with van der Waals surface area (Å²) >= 11 is 0. The normalized spacial score (nSPS) is 13.5. The van der Waals surface area contributed by atoms with Gasteiger partial charge in [-0.1, -0.05) is 148 Å². The lowest BCUT2D eigenvalue weighted by molar-refractivity contribution is -0.146. The maximum atomic E-state index is 11.6. The van der Waals surface area contributed by atoms with Gasteiger partial charge in [-0.05, 0) is 38.5 Å². The summed E-state index contributed by atoms with van der Waals surface area (Å²) in [6, 6.07) is 0. The molecule has 0 amide bonds. The first kappa shape index (κ1) is 34.2. The lowest BCUT2D eigenvalue weighted by Gasteiger charge is -2.19. The van der Waals surface area contributed by atoms with Gasteiger partial charge in [0.05, 0.1) is 12.0 Å². The van der Waals surface area contributed by atoms with E-state index in [4.69, 9.17) is 0 Å². The third-order valence-electron chi connectivity index (χ3n) is 7.41. The number of rotatable bonds is 28. The Balaban J connectivity index is 3.62. The van der Waals surface area contributed by atoms with Crippen molar-refractivity contribution < 1.29 is 15.0 Å². The highest BCUT2D eigenvalue weighted by Gasteiger charge is 2.25. The number of aliphatic carboxylic acids is 1. The quantitative estimate of drug-likeness (QED) is 0.0839. The molecule has 0 aromatic carbocycles. The Kier molecular flexibility index (Phi) is 27.1. The molecule has 0 heterocycles. The third kappa shape index (κ3) is 24.6. The zero-order chi connectivity index (χ0) is 25.8. The Morgan fingerprint density at radius 1 is 0.543 bits per heavy atom. The van der Waals surface area contributed by atoms with E-state index in [0.717, 1.165) is 25.7 Å². The Morgan fingerprint density at radius 3 is 1.31 bits per heavy atom. The molecule has 2 N–H and O–H groups in total. The van der Waals surface area contributed by atoms with E-state index in [-0.39, 0.29) is 0 Å². The molecule has 3 heteroatoms. The van der Waals surface area contributed by atoms with Gasteiger partial charge in [-0.2, -0.15) is 0 Å². The van der Waals surface area contributed by atoms with Crippen LogP contribution in [0.2, 0.25) is 0 Å². The molecule has 0 aliphatic heterocycles. The summed E-state index contributed by atoms with van der Waals surface area (Å²) < 4.78 is 0. The Morgan fingerprint density at radius 2 is 0.886 bits per heavy atom. The van der Waals surface area contributed by atoms with Crippen molar-refractivity contribution in [2.24, 2.45) is 5.92 Å². The standard InChI is InChI=1S/C32H62O3/c1-3-5-7-9-11-13-15-17-19-21-23-25-27-29-31(33)30(32(34)35)28-26-24-22-20-18-16-14-12-10-8-6-4-2/h13,15,30-31,33H,3-12,14,16-29H2,1-2H3,(H,34,35)/b15-13+. The van der Waals surface area contributed by atoms with Crippen molar-refractivity contribution in [2.45, 2.75) is 180 Å². The summed E-state index contributed by atoms with van der Waals surface area (Å²) in [5.74, 6) is -1.40. The molecule has 0 rings (SSSR count). The highest BCUT2D eigenvalue weighted by molar-refractivity contribution is 5.70. The molecule has 0 fully saturated rings. The van der Waals surface area contributed by atoms with Crippen LogP contribution < -0.4 is 0 Å². The Hall–Kier alpha value is -0.830. The van der Waals surface area contributed by atoms with E-state index in [0.29, 0.717) is 12.8 Å². The number of unbranched alkanes of at least 4 members (excludes halogenated alkanes) is 20. The fraction of sp³-hybridized carbons (Fsp3) is 0.906. The molecule has 0 saturated carbocycles. The topological polar surface area (TPSA) is 57.5 Å². The average Bonchev–Trinajstić information content (AvgIpc) is 2.84. The van der Waals surface area contributed by atoms with Crippen molar-refractivity contribution in [3.05, 3.63) is 12.2 Å². The van der Waals surface area contributed by atoms with Crippen LogP contribution in [0.4, 0.5) is 0 Å². The van der Waals surface area contributed by atoms with Gasteiger partial charge in [-0.3, -0.25) is 4.79 Å². The van der Waals surface area contributed by atoms with E-state index >= 15 is 0 Å². The second kappa shape index (κ2) is 27.8. The van der Waals surface area contributed by atoms with E-state index in [9.17, 15) is 15.0 Å². The molecule has 0 radical (unpaired) electrons. The largest absolute Gasteiger partial charge is 0.481 e. The van der Waals surface area contributed by atoms with Crippen LogP contribution in [-0.4, -0.2) is 22.3 Å². The van der Waals surface area contributed by atoms with Crippen molar-refractivity contribution in [2.75, 3.05) is 0 Å². The first-order chi connectivity index (χ1) is 17.1. The van der Waals surface area contributed by atoms with Crippen LogP contribution in [0.5, 0.6) is 0 Å². The molecule has 0 saturated heterocycles. The molecule has 35 heavy (non-hydrogen) atoms. The molecule has 0 aliphatic carbocycles. The number of hydrogen-bond donors (Lipinski definition) is 2. The van der Waals surface area contributed by atoms with Gasteiger partial charge in [-0.15, -0.1) is 0 Å². The smallest absolute Gasteiger partial charge is 0.309 e. The molecular weight excluding hydrogens is 432 g/mol. The Labute approximate surface area is 219 Å². The summed E-state index contributed by atoms with van der Waals surface area (Å²) in [4.78, 5) is 11.6. The lowest BCUT2D eigenvalue weighted by atomic mass is 9.91. The fourth-order valence-electron chi connectivity index (χ4n) is 4.96. The second-order valence-corrected chi connectivity index (χ2v) is 10.9. The summed E-state index contributed by atoms with van der Waals surface area (Å²) in [6.45, 7) is 4.51. The monoisotopic (exact) mass is 494 g/mol. The number of carboxylic acids is 1. The predicted molar refractivity (Wildman–Crippen MR) is 153 cm³/mol. The maximum Gasteiger partial charge on any atom is 0.309 e. The van der Waals surface area contributed by atoms with E-state index in [1.165, 1.54) is 122 Å². The highest BCUT2D eigenvalue weighted by atomic mass is 16.4. The fourth-order valence-corrected chi connectivity index (χ4v) is 4.96. The summed E-state index contributed by atoms with van der Waals surface area (Å²) in [5.41, 5.74) is 0. The van der Waals surface area contributed by atoms with Crippen LogP contribution in [0.3, 0.4) is 0 Å². The first-order valence-electron chi connectivity index (χ1n) is 15.7. The van der Waals surface area contributed by atoms with Crippen LogP contribution in [-0.2, 0) is 4.79 Å². The average molecular weight is 495 g/mol. The first-order valence-corrected chi connectivity index (χ1v) is 15.7. The van der Waals surface area contributed by atoms with Gasteiger partial charge in [0.2, 0.25) is 0 Å². The molecule has 208 valence electrons. The van der Waals surface area contributed by atoms with Gasteiger partial charge in [0.1, 0.15) is 0 Å². The number of carboxylic acid groups (broad SMARTS) is 1. The summed E-state index contributed by atoms with van der Waals surface area (Å²) in [5, 5.41) is 20.0. The van der Waals surface area contributed by atoms with Crippen molar-refractivity contribution in [1.29, 1.82) is 0 Å². The number of hydrogen-bond acceptors (Lipinski definition) is 2. The van der Waals surface area contributed by atoms with Crippen LogP contribution in [0.1, 0.15) is 174 Å². The third-order valence-corrected chi connectivity index (χ3v) is 7.41.